The van der Waals surface area contributed by atoms with Gasteiger partial charge in [0.2, 0.25) is 5.88 Å². The summed E-state index contributed by atoms with van der Waals surface area (Å²) in [6, 6.07) is 0. The maximum absolute atomic E-state index is 12.3. The van der Waals surface area contributed by atoms with Crippen molar-refractivity contribution in [1.29, 1.82) is 0 Å². The Labute approximate surface area is 106 Å². The summed E-state index contributed by atoms with van der Waals surface area (Å²) in [6.45, 7) is 6.51. The van der Waals surface area contributed by atoms with Crippen LogP contribution in [0.3, 0.4) is 0 Å². The summed E-state index contributed by atoms with van der Waals surface area (Å²) < 4.78 is 1.62. The summed E-state index contributed by atoms with van der Waals surface area (Å²) in [7, 11) is 0. The van der Waals surface area contributed by atoms with Crippen molar-refractivity contribution in [2.45, 2.75) is 51.2 Å². The van der Waals surface area contributed by atoms with Gasteiger partial charge in [-0.15, -0.1) is 0 Å². The van der Waals surface area contributed by atoms with Crippen LogP contribution < -0.4 is 5.56 Å². The molecular weight excluding hydrogens is 236 g/mol. The smallest absolute Gasteiger partial charge is 0.261 e. The van der Waals surface area contributed by atoms with Gasteiger partial charge in [0.15, 0.2) is 5.16 Å². The zero-order chi connectivity index (χ0) is 13.0. The minimum atomic E-state index is -0.106. The summed E-state index contributed by atoms with van der Waals surface area (Å²) in [5, 5.41) is 10.5. The largest absolute Gasteiger partial charge is 0.493 e. The maximum atomic E-state index is 12.3. The Morgan fingerprint density at radius 2 is 2.12 bits per heavy atom. The third-order valence-electron chi connectivity index (χ3n) is 2.86. The van der Waals surface area contributed by atoms with E-state index in [4.69, 9.17) is 0 Å². The molecule has 0 amide bonds. The van der Waals surface area contributed by atoms with Gasteiger partial charge in [-0.25, -0.2) is 0 Å². The van der Waals surface area contributed by atoms with Crippen molar-refractivity contribution < 1.29 is 5.11 Å². The molecule has 5 heteroatoms. The standard InChI is InChI=1S/C12H20N2O2S/c1-5-7-8(3)9-10(15)13-12(17-4)14(6-2)11(9)16/h8,15H,5-7H2,1-4H3/t8-/m0/s1. The fourth-order valence-corrected chi connectivity index (χ4v) is 2.59. The number of thioether (sulfide) groups is 1. The number of hydrogen-bond donors (Lipinski definition) is 1. The Hall–Kier alpha value is -0.970. The van der Waals surface area contributed by atoms with E-state index in [9.17, 15) is 9.90 Å². The molecule has 0 radical (unpaired) electrons. The minimum absolute atomic E-state index is 0.0497. The molecule has 0 unspecified atom stereocenters. The van der Waals surface area contributed by atoms with Crippen LogP contribution in [-0.4, -0.2) is 20.9 Å². The van der Waals surface area contributed by atoms with Gasteiger partial charge in [0, 0.05) is 6.54 Å². The highest BCUT2D eigenvalue weighted by atomic mass is 32.2. The molecule has 0 aliphatic rings. The molecule has 1 aromatic rings. The Kier molecular flexibility index (Phi) is 5.05. The molecule has 0 spiro atoms. The first kappa shape index (κ1) is 14.1. The zero-order valence-electron chi connectivity index (χ0n) is 10.9. The minimum Gasteiger partial charge on any atom is -0.493 e. The van der Waals surface area contributed by atoms with Crippen LogP contribution in [0.5, 0.6) is 5.88 Å². The summed E-state index contributed by atoms with van der Waals surface area (Å²) in [4.78, 5) is 16.4. The Bertz CT molecular complexity index is 443. The molecule has 0 aromatic carbocycles. The van der Waals surface area contributed by atoms with Crippen molar-refractivity contribution >= 4 is 11.8 Å². The normalized spacial score (nSPS) is 12.7. The maximum Gasteiger partial charge on any atom is 0.261 e. The van der Waals surface area contributed by atoms with Crippen LogP contribution in [-0.2, 0) is 6.54 Å². The van der Waals surface area contributed by atoms with Crippen molar-refractivity contribution in [3.8, 4) is 5.88 Å². The molecule has 96 valence electrons. The quantitative estimate of drug-likeness (QED) is 0.650. The van der Waals surface area contributed by atoms with E-state index in [0.717, 1.165) is 12.8 Å². The van der Waals surface area contributed by atoms with E-state index in [2.05, 4.69) is 11.9 Å². The van der Waals surface area contributed by atoms with Gasteiger partial charge in [0.1, 0.15) is 0 Å². The molecule has 17 heavy (non-hydrogen) atoms. The highest BCUT2D eigenvalue weighted by molar-refractivity contribution is 7.98. The molecule has 1 heterocycles. The number of aromatic hydroxyl groups is 1. The van der Waals surface area contributed by atoms with Crippen molar-refractivity contribution in [2.24, 2.45) is 0 Å². The number of aromatic nitrogens is 2. The van der Waals surface area contributed by atoms with Crippen LogP contribution in [0.25, 0.3) is 0 Å². The molecule has 1 aromatic heterocycles. The van der Waals surface area contributed by atoms with E-state index < -0.39 is 0 Å². The van der Waals surface area contributed by atoms with E-state index in [1.54, 1.807) is 4.57 Å². The van der Waals surface area contributed by atoms with Crippen LogP contribution in [0, 0.1) is 0 Å². The van der Waals surface area contributed by atoms with E-state index in [0.29, 0.717) is 17.3 Å². The third-order valence-corrected chi connectivity index (χ3v) is 3.54. The molecule has 1 rings (SSSR count). The van der Waals surface area contributed by atoms with Crippen LogP contribution >= 0.6 is 11.8 Å². The Balaban J connectivity index is 3.37. The molecule has 0 aliphatic heterocycles. The van der Waals surface area contributed by atoms with Crippen molar-refractivity contribution in [3.05, 3.63) is 15.9 Å². The zero-order valence-corrected chi connectivity index (χ0v) is 11.7. The first-order valence-corrected chi connectivity index (χ1v) is 7.16. The molecule has 0 aliphatic carbocycles. The SMILES string of the molecule is CCC[C@H](C)c1c(O)nc(SC)n(CC)c1=O. The summed E-state index contributed by atoms with van der Waals surface area (Å²) in [5.74, 6) is -0.0568. The molecular formula is C12H20N2O2S. The lowest BCUT2D eigenvalue weighted by Gasteiger charge is -2.15. The fourth-order valence-electron chi connectivity index (χ4n) is 1.98. The van der Waals surface area contributed by atoms with E-state index in [1.807, 2.05) is 20.1 Å². The van der Waals surface area contributed by atoms with E-state index >= 15 is 0 Å². The average molecular weight is 256 g/mol. The third kappa shape index (κ3) is 2.83. The van der Waals surface area contributed by atoms with Crippen LogP contribution in [0.15, 0.2) is 9.95 Å². The average Bonchev–Trinajstić information content (AvgIpc) is 2.28. The van der Waals surface area contributed by atoms with Crippen molar-refractivity contribution in [3.63, 3.8) is 0 Å². The van der Waals surface area contributed by atoms with Gasteiger partial charge >= 0.3 is 0 Å². The van der Waals surface area contributed by atoms with Gasteiger partial charge < -0.3 is 5.11 Å². The Morgan fingerprint density at radius 1 is 1.47 bits per heavy atom. The molecule has 4 nitrogen and oxygen atoms in total. The first-order valence-electron chi connectivity index (χ1n) is 5.94. The Morgan fingerprint density at radius 3 is 2.59 bits per heavy atom. The molecule has 0 saturated carbocycles. The first-order chi connectivity index (χ1) is 8.06. The van der Waals surface area contributed by atoms with Crippen LogP contribution in [0.4, 0.5) is 0 Å². The molecule has 1 atom stereocenters. The second-order valence-electron chi connectivity index (χ2n) is 4.07. The second-order valence-corrected chi connectivity index (χ2v) is 4.85. The monoisotopic (exact) mass is 256 g/mol. The van der Waals surface area contributed by atoms with Gasteiger partial charge in [-0.1, -0.05) is 32.0 Å². The molecule has 0 bridgehead atoms. The highest BCUT2D eigenvalue weighted by Crippen LogP contribution is 2.26. The van der Waals surface area contributed by atoms with Gasteiger partial charge in [-0.2, -0.15) is 4.98 Å². The lowest BCUT2D eigenvalue weighted by Crippen LogP contribution is -2.27. The molecule has 0 saturated heterocycles. The topological polar surface area (TPSA) is 55.1 Å². The summed E-state index contributed by atoms with van der Waals surface area (Å²) in [5.41, 5.74) is 0.344. The fraction of sp³-hybridized carbons (Fsp3) is 0.667. The summed E-state index contributed by atoms with van der Waals surface area (Å²) >= 11 is 1.37. The number of rotatable bonds is 5. The molecule has 1 N–H and O–H groups in total. The van der Waals surface area contributed by atoms with Crippen LogP contribution in [0.2, 0.25) is 0 Å². The lowest BCUT2D eigenvalue weighted by molar-refractivity contribution is 0.415. The number of hydrogen-bond acceptors (Lipinski definition) is 4. The van der Waals surface area contributed by atoms with Crippen molar-refractivity contribution in [1.82, 2.24) is 9.55 Å². The molecule has 0 fully saturated rings. The lowest BCUT2D eigenvalue weighted by atomic mass is 9.98. The van der Waals surface area contributed by atoms with Gasteiger partial charge in [-0.3, -0.25) is 9.36 Å². The van der Waals surface area contributed by atoms with E-state index in [1.165, 1.54) is 11.8 Å². The van der Waals surface area contributed by atoms with Gasteiger partial charge in [-0.05, 0) is 25.5 Å². The van der Waals surface area contributed by atoms with Crippen LogP contribution in [0.1, 0.15) is 45.1 Å². The second kappa shape index (κ2) is 6.10. The highest BCUT2D eigenvalue weighted by Gasteiger charge is 2.19. The van der Waals surface area contributed by atoms with E-state index in [-0.39, 0.29) is 17.4 Å². The predicted molar refractivity (Wildman–Crippen MR) is 70.9 cm³/mol. The summed E-state index contributed by atoms with van der Waals surface area (Å²) in [6.07, 6.45) is 3.71. The predicted octanol–water partition coefficient (Wildman–Crippen LogP) is 2.59. The number of nitrogens with zero attached hydrogens (tertiary/aromatic N) is 2. The van der Waals surface area contributed by atoms with Crippen molar-refractivity contribution in [2.75, 3.05) is 6.26 Å². The van der Waals surface area contributed by atoms with Gasteiger partial charge in [0.25, 0.3) is 5.56 Å². The van der Waals surface area contributed by atoms with Gasteiger partial charge in [0.05, 0.1) is 5.56 Å².